The van der Waals surface area contributed by atoms with Crippen molar-refractivity contribution in [1.82, 2.24) is 15.1 Å². The minimum absolute atomic E-state index is 0.218. The zero-order valence-corrected chi connectivity index (χ0v) is 14.4. The van der Waals surface area contributed by atoms with Gasteiger partial charge in [-0.25, -0.2) is 0 Å². The maximum atomic E-state index is 11.8. The highest BCUT2D eigenvalue weighted by molar-refractivity contribution is 6.31. The maximum Gasteiger partial charge on any atom is 0.244 e. The second kappa shape index (κ2) is 8.04. The number of aryl methyl sites for hydroxylation is 2. The van der Waals surface area contributed by atoms with Crippen molar-refractivity contribution in [1.29, 1.82) is 0 Å². The molecular weight excluding hydrogens is 337 g/mol. The molecule has 1 aromatic carbocycles. The van der Waals surface area contributed by atoms with Gasteiger partial charge >= 0.3 is 0 Å². The van der Waals surface area contributed by atoms with E-state index in [1.807, 2.05) is 6.92 Å². The van der Waals surface area contributed by atoms with E-state index in [4.69, 9.17) is 27.9 Å². The van der Waals surface area contributed by atoms with E-state index in [9.17, 15) is 4.79 Å². The molecule has 7 heteroatoms. The number of hydrogen-bond donors (Lipinski definition) is 1. The molecule has 1 heterocycles. The molecule has 0 saturated heterocycles. The van der Waals surface area contributed by atoms with E-state index in [2.05, 4.69) is 10.4 Å². The van der Waals surface area contributed by atoms with E-state index in [1.165, 1.54) is 6.08 Å². The molecule has 0 aliphatic carbocycles. The summed E-state index contributed by atoms with van der Waals surface area (Å²) in [6.45, 7) is 2.60. The summed E-state index contributed by atoms with van der Waals surface area (Å²) in [5, 5.41) is 8.06. The van der Waals surface area contributed by atoms with Crippen LogP contribution in [0.5, 0.6) is 5.75 Å². The maximum absolute atomic E-state index is 11.8. The zero-order chi connectivity index (χ0) is 16.8. The van der Waals surface area contributed by atoms with Crippen molar-refractivity contribution in [3.63, 3.8) is 0 Å². The molecule has 1 aromatic heterocycles. The molecular formula is C16H17Cl2N3O2. The molecule has 0 unspecified atom stereocenters. The summed E-state index contributed by atoms with van der Waals surface area (Å²) in [6, 6.07) is 7.05. The number of hydrogen-bond acceptors (Lipinski definition) is 3. The van der Waals surface area contributed by atoms with Crippen molar-refractivity contribution >= 4 is 35.2 Å². The van der Waals surface area contributed by atoms with Crippen LogP contribution in [0.4, 0.5) is 0 Å². The van der Waals surface area contributed by atoms with Crippen LogP contribution in [0.15, 0.2) is 30.3 Å². The zero-order valence-electron chi connectivity index (χ0n) is 12.8. The van der Waals surface area contributed by atoms with Gasteiger partial charge in [-0.05, 0) is 37.3 Å². The van der Waals surface area contributed by atoms with Crippen molar-refractivity contribution in [2.24, 2.45) is 7.05 Å². The third kappa shape index (κ3) is 5.01. The Morgan fingerprint density at radius 1 is 1.35 bits per heavy atom. The quantitative estimate of drug-likeness (QED) is 0.640. The van der Waals surface area contributed by atoms with Gasteiger partial charge in [0.25, 0.3) is 0 Å². The normalized spacial score (nSPS) is 11.0. The third-order valence-electron chi connectivity index (χ3n) is 3.08. The number of rotatable bonds is 6. The van der Waals surface area contributed by atoms with Crippen LogP contribution in [0.2, 0.25) is 10.2 Å². The van der Waals surface area contributed by atoms with Gasteiger partial charge in [-0.1, -0.05) is 23.2 Å². The van der Waals surface area contributed by atoms with Crippen LogP contribution in [0.25, 0.3) is 6.08 Å². The lowest BCUT2D eigenvalue weighted by Crippen LogP contribution is -2.26. The summed E-state index contributed by atoms with van der Waals surface area (Å²) in [7, 11) is 1.75. The van der Waals surface area contributed by atoms with Crippen LogP contribution in [0.3, 0.4) is 0 Å². The fraction of sp³-hybridized carbons (Fsp3) is 0.250. The minimum Gasteiger partial charge on any atom is -0.492 e. The number of benzene rings is 1. The molecule has 2 aromatic rings. The van der Waals surface area contributed by atoms with Gasteiger partial charge in [0.2, 0.25) is 5.91 Å². The minimum atomic E-state index is -0.218. The fourth-order valence-corrected chi connectivity index (χ4v) is 2.29. The Bertz CT molecular complexity index is 709. The first-order chi connectivity index (χ1) is 11.0. The van der Waals surface area contributed by atoms with Gasteiger partial charge < -0.3 is 10.1 Å². The number of nitrogens with one attached hydrogen (secondary N) is 1. The number of ether oxygens (including phenoxy) is 1. The van der Waals surface area contributed by atoms with Gasteiger partial charge in [0, 0.05) is 23.7 Å². The molecule has 122 valence electrons. The van der Waals surface area contributed by atoms with E-state index in [1.54, 1.807) is 42.1 Å². The van der Waals surface area contributed by atoms with E-state index >= 15 is 0 Å². The van der Waals surface area contributed by atoms with E-state index in [0.717, 1.165) is 11.3 Å². The Kier molecular flexibility index (Phi) is 6.07. The highest BCUT2D eigenvalue weighted by Crippen LogP contribution is 2.19. The molecule has 0 saturated carbocycles. The van der Waals surface area contributed by atoms with Crippen LogP contribution >= 0.6 is 23.2 Å². The molecule has 0 aliphatic heterocycles. The van der Waals surface area contributed by atoms with Crippen molar-refractivity contribution < 1.29 is 9.53 Å². The summed E-state index contributed by atoms with van der Waals surface area (Å²) < 4.78 is 7.05. The first kappa shape index (κ1) is 17.4. The highest BCUT2D eigenvalue weighted by Gasteiger charge is 2.08. The third-order valence-corrected chi connectivity index (χ3v) is 3.78. The van der Waals surface area contributed by atoms with Gasteiger partial charge in [-0.2, -0.15) is 5.10 Å². The Balaban J connectivity index is 1.76. The van der Waals surface area contributed by atoms with Crippen molar-refractivity contribution in [2.75, 3.05) is 13.2 Å². The monoisotopic (exact) mass is 353 g/mol. The van der Waals surface area contributed by atoms with Gasteiger partial charge in [-0.15, -0.1) is 0 Å². The highest BCUT2D eigenvalue weighted by atomic mass is 35.5. The topological polar surface area (TPSA) is 56.2 Å². The lowest BCUT2D eigenvalue weighted by molar-refractivity contribution is -0.116. The Labute approximate surface area is 144 Å². The number of amides is 1. The van der Waals surface area contributed by atoms with Crippen LogP contribution in [0.1, 0.15) is 11.3 Å². The Hall–Kier alpha value is -1.98. The molecule has 0 bridgehead atoms. The first-order valence-corrected chi connectivity index (χ1v) is 7.76. The number of carbonyl (C=O) groups excluding carboxylic acids is 1. The number of nitrogens with zero attached hydrogens (tertiary/aromatic N) is 2. The lowest BCUT2D eigenvalue weighted by atomic mass is 10.2. The molecule has 0 fully saturated rings. The molecule has 0 radical (unpaired) electrons. The van der Waals surface area contributed by atoms with Gasteiger partial charge in [0.1, 0.15) is 17.5 Å². The standard InChI is InChI=1S/C16H17Cl2N3O2/c1-11-14(16(18)21(2)20-11)7-8-15(22)19-9-10-23-13-5-3-12(17)4-6-13/h3-8H,9-10H2,1-2H3,(H,19,22)/b8-7+. The van der Waals surface area contributed by atoms with Crippen LogP contribution < -0.4 is 10.1 Å². The smallest absolute Gasteiger partial charge is 0.244 e. The summed E-state index contributed by atoms with van der Waals surface area (Å²) in [4.78, 5) is 11.8. The summed E-state index contributed by atoms with van der Waals surface area (Å²) in [6.07, 6.45) is 3.08. The first-order valence-electron chi connectivity index (χ1n) is 7.00. The molecule has 0 atom stereocenters. The van der Waals surface area contributed by atoms with E-state index < -0.39 is 0 Å². The van der Waals surface area contributed by atoms with Crippen LogP contribution in [0, 0.1) is 6.92 Å². The molecule has 1 N–H and O–H groups in total. The number of carbonyl (C=O) groups is 1. The second-order valence-electron chi connectivity index (χ2n) is 4.84. The molecule has 23 heavy (non-hydrogen) atoms. The van der Waals surface area contributed by atoms with Crippen molar-refractivity contribution in [3.05, 3.63) is 51.8 Å². The fourth-order valence-electron chi connectivity index (χ4n) is 1.93. The summed E-state index contributed by atoms with van der Waals surface area (Å²) >= 11 is 11.9. The Morgan fingerprint density at radius 2 is 2.04 bits per heavy atom. The Morgan fingerprint density at radius 3 is 2.65 bits per heavy atom. The van der Waals surface area contributed by atoms with Gasteiger partial charge in [-0.3, -0.25) is 9.48 Å². The summed E-state index contributed by atoms with van der Waals surface area (Å²) in [5.41, 5.74) is 1.51. The predicted molar refractivity (Wildman–Crippen MR) is 91.9 cm³/mol. The lowest BCUT2D eigenvalue weighted by Gasteiger charge is -2.06. The SMILES string of the molecule is Cc1nn(C)c(Cl)c1/C=C/C(=O)NCCOc1ccc(Cl)cc1. The van der Waals surface area contributed by atoms with E-state index in [0.29, 0.717) is 29.1 Å². The van der Waals surface area contributed by atoms with Gasteiger partial charge in [0.05, 0.1) is 12.2 Å². The summed E-state index contributed by atoms with van der Waals surface area (Å²) in [5.74, 6) is 0.487. The predicted octanol–water partition coefficient (Wildman–Crippen LogP) is 3.24. The number of halogens is 2. The van der Waals surface area contributed by atoms with E-state index in [-0.39, 0.29) is 5.91 Å². The number of aromatic nitrogens is 2. The van der Waals surface area contributed by atoms with Crippen molar-refractivity contribution in [2.45, 2.75) is 6.92 Å². The van der Waals surface area contributed by atoms with Gasteiger partial charge in [0.15, 0.2) is 0 Å². The largest absolute Gasteiger partial charge is 0.492 e. The molecule has 1 amide bonds. The molecule has 2 rings (SSSR count). The molecule has 0 spiro atoms. The average molecular weight is 354 g/mol. The van der Waals surface area contributed by atoms with Crippen LogP contribution in [-0.2, 0) is 11.8 Å². The molecule has 0 aliphatic rings. The molecule has 5 nitrogen and oxygen atoms in total. The van der Waals surface area contributed by atoms with Crippen molar-refractivity contribution in [3.8, 4) is 5.75 Å². The average Bonchev–Trinajstić information content (AvgIpc) is 2.76. The second-order valence-corrected chi connectivity index (χ2v) is 5.63. The van der Waals surface area contributed by atoms with Crippen LogP contribution in [-0.4, -0.2) is 28.8 Å².